The van der Waals surface area contributed by atoms with Crippen molar-refractivity contribution >= 4 is 11.6 Å². The monoisotopic (exact) mass is 407 g/mol. The Kier molecular flexibility index (Phi) is 4.74. The number of carbonyl (C=O) groups is 1. The first-order valence-electron chi connectivity index (χ1n) is 9.98. The number of rotatable bonds is 5. The number of anilines is 1. The zero-order valence-electron chi connectivity index (χ0n) is 16.5. The highest BCUT2D eigenvalue weighted by atomic mass is 16.6. The van der Waals surface area contributed by atoms with Crippen LogP contribution in [-0.2, 0) is 4.79 Å². The number of nitrogens with zero attached hydrogens (tertiary/aromatic N) is 3. The Bertz CT molecular complexity index is 1060. The number of hydrogen-bond acceptors (Lipinski definition) is 7. The van der Waals surface area contributed by atoms with E-state index in [-0.39, 0.29) is 11.8 Å². The van der Waals surface area contributed by atoms with E-state index in [4.69, 9.17) is 18.7 Å². The quantitative estimate of drug-likeness (QED) is 0.640. The number of amides is 1. The van der Waals surface area contributed by atoms with Gasteiger partial charge in [-0.2, -0.15) is 4.98 Å². The molecule has 2 aliphatic rings. The fraction of sp³-hybridized carbons (Fsp3) is 0.318. The van der Waals surface area contributed by atoms with Crippen molar-refractivity contribution in [2.75, 3.05) is 31.3 Å². The number of aromatic nitrogens is 2. The van der Waals surface area contributed by atoms with Gasteiger partial charge in [-0.05, 0) is 43.3 Å². The van der Waals surface area contributed by atoms with Crippen LogP contribution in [0.5, 0.6) is 17.2 Å². The van der Waals surface area contributed by atoms with Gasteiger partial charge in [0.05, 0.1) is 12.5 Å². The second kappa shape index (κ2) is 7.70. The van der Waals surface area contributed by atoms with Gasteiger partial charge in [-0.15, -0.1) is 0 Å². The normalized spacial score (nSPS) is 18.0. The van der Waals surface area contributed by atoms with Gasteiger partial charge in [-0.3, -0.25) is 4.79 Å². The summed E-state index contributed by atoms with van der Waals surface area (Å²) in [6.45, 7) is 4.06. The summed E-state index contributed by atoms with van der Waals surface area (Å²) in [5.74, 6) is 2.97. The molecule has 1 fully saturated rings. The summed E-state index contributed by atoms with van der Waals surface area (Å²) >= 11 is 0. The summed E-state index contributed by atoms with van der Waals surface area (Å²) in [5.41, 5.74) is 1.61. The van der Waals surface area contributed by atoms with Gasteiger partial charge in [-0.25, -0.2) is 0 Å². The lowest BCUT2D eigenvalue weighted by atomic mass is 10.1. The Balaban J connectivity index is 1.32. The van der Waals surface area contributed by atoms with Crippen LogP contribution in [0.2, 0.25) is 0 Å². The molecule has 2 aliphatic heterocycles. The maximum atomic E-state index is 12.7. The van der Waals surface area contributed by atoms with Crippen LogP contribution in [0.4, 0.5) is 5.69 Å². The summed E-state index contributed by atoms with van der Waals surface area (Å²) in [7, 11) is 0. The minimum absolute atomic E-state index is 0.0116. The molecule has 0 radical (unpaired) electrons. The molecular weight excluding hydrogens is 386 g/mol. The van der Waals surface area contributed by atoms with Crippen LogP contribution in [0.25, 0.3) is 11.4 Å². The Morgan fingerprint density at radius 1 is 1.10 bits per heavy atom. The Morgan fingerprint density at radius 2 is 1.90 bits per heavy atom. The lowest BCUT2D eigenvalue weighted by Crippen LogP contribution is -2.24. The van der Waals surface area contributed by atoms with Crippen molar-refractivity contribution < 1.29 is 23.5 Å². The molecule has 30 heavy (non-hydrogen) atoms. The van der Waals surface area contributed by atoms with Gasteiger partial charge < -0.3 is 23.6 Å². The van der Waals surface area contributed by atoms with Crippen LogP contribution in [0, 0.1) is 0 Å². The molecule has 1 atom stereocenters. The van der Waals surface area contributed by atoms with Crippen molar-refractivity contribution in [2.24, 2.45) is 0 Å². The summed E-state index contributed by atoms with van der Waals surface area (Å²) in [4.78, 5) is 18.9. The summed E-state index contributed by atoms with van der Waals surface area (Å²) in [5, 5.41) is 4.09. The minimum Gasteiger partial charge on any atom is -0.494 e. The fourth-order valence-electron chi connectivity index (χ4n) is 3.71. The standard InChI is InChI=1S/C22H21N3O5/c1-2-27-17-6-3-14(4-7-17)21-23-22(30-24-21)15-11-20(26)25(13-15)16-5-8-18-19(12-16)29-10-9-28-18/h3-8,12,15H,2,9-11,13H2,1H3. The van der Waals surface area contributed by atoms with E-state index in [1.165, 1.54) is 0 Å². The van der Waals surface area contributed by atoms with E-state index in [1.54, 1.807) is 4.90 Å². The van der Waals surface area contributed by atoms with Gasteiger partial charge in [0.2, 0.25) is 17.6 Å². The predicted molar refractivity (Wildman–Crippen MR) is 108 cm³/mol. The van der Waals surface area contributed by atoms with E-state index in [1.807, 2.05) is 49.4 Å². The summed E-state index contributed by atoms with van der Waals surface area (Å²) < 4.78 is 22.1. The van der Waals surface area contributed by atoms with Crippen LogP contribution < -0.4 is 19.1 Å². The SMILES string of the molecule is CCOc1ccc(-c2noc(C3CC(=O)N(c4ccc5c(c4)OCCO5)C3)n2)cc1. The molecular formula is C22H21N3O5. The molecule has 1 amide bonds. The molecule has 3 aromatic rings. The highest BCUT2D eigenvalue weighted by Gasteiger charge is 2.35. The van der Waals surface area contributed by atoms with Gasteiger partial charge in [0.1, 0.15) is 19.0 Å². The van der Waals surface area contributed by atoms with E-state index in [0.717, 1.165) is 17.0 Å². The van der Waals surface area contributed by atoms with Gasteiger partial charge >= 0.3 is 0 Å². The molecule has 1 unspecified atom stereocenters. The first-order valence-corrected chi connectivity index (χ1v) is 9.98. The van der Waals surface area contributed by atoms with Gasteiger partial charge in [0.25, 0.3) is 0 Å². The number of fused-ring (bicyclic) bond motifs is 1. The van der Waals surface area contributed by atoms with Crippen LogP contribution in [0.15, 0.2) is 47.0 Å². The van der Waals surface area contributed by atoms with Crippen molar-refractivity contribution in [2.45, 2.75) is 19.3 Å². The lowest BCUT2D eigenvalue weighted by molar-refractivity contribution is -0.117. The Labute approximate surface area is 173 Å². The second-order valence-corrected chi connectivity index (χ2v) is 7.15. The van der Waals surface area contributed by atoms with Crippen LogP contribution in [-0.4, -0.2) is 42.4 Å². The van der Waals surface area contributed by atoms with Crippen molar-refractivity contribution in [3.8, 4) is 28.6 Å². The van der Waals surface area contributed by atoms with E-state index in [9.17, 15) is 4.79 Å². The number of hydrogen-bond donors (Lipinski definition) is 0. The highest BCUT2D eigenvalue weighted by Crippen LogP contribution is 2.37. The maximum Gasteiger partial charge on any atom is 0.232 e. The molecule has 1 saturated heterocycles. The predicted octanol–water partition coefficient (Wildman–Crippen LogP) is 3.43. The molecule has 0 bridgehead atoms. The molecule has 0 aliphatic carbocycles. The van der Waals surface area contributed by atoms with Crippen LogP contribution in [0.3, 0.4) is 0 Å². The zero-order valence-corrected chi connectivity index (χ0v) is 16.5. The second-order valence-electron chi connectivity index (χ2n) is 7.15. The van der Waals surface area contributed by atoms with E-state index in [0.29, 0.717) is 56.0 Å². The number of benzene rings is 2. The van der Waals surface area contributed by atoms with E-state index < -0.39 is 0 Å². The molecule has 8 heteroatoms. The molecule has 5 rings (SSSR count). The average Bonchev–Trinajstić information content (AvgIpc) is 3.41. The highest BCUT2D eigenvalue weighted by molar-refractivity contribution is 5.96. The fourth-order valence-corrected chi connectivity index (χ4v) is 3.71. The average molecular weight is 407 g/mol. The molecule has 2 aromatic carbocycles. The first kappa shape index (κ1) is 18.5. The van der Waals surface area contributed by atoms with Crippen LogP contribution in [0.1, 0.15) is 25.2 Å². The third kappa shape index (κ3) is 3.45. The van der Waals surface area contributed by atoms with Crippen LogP contribution >= 0.6 is 0 Å². The minimum atomic E-state index is -0.158. The molecule has 0 spiro atoms. The molecule has 3 heterocycles. The van der Waals surface area contributed by atoms with E-state index in [2.05, 4.69) is 10.1 Å². The van der Waals surface area contributed by atoms with Crippen molar-refractivity contribution in [3.05, 3.63) is 48.4 Å². The largest absolute Gasteiger partial charge is 0.494 e. The molecule has 1 aromatic heterocycles. The number of carbonyl (C=O) groups excluding carboxylic acids is 1. The first-order chi connectivity index (χ1) is 14.7. The zero-order chi connectivity index (χ0) is 20.5. The van der Waals surface area contributed by atoms with Crippen molar-refractivity contribution in [3.63, 3.8) is 0 Å². The molecule has 154 valence electrons. The third-order valence-corrected chi connectivity index (χ3v) is 5.18. The van der Waals surface area contributed by atoms with Crippen molar-refractivity contribution in [1.29, 1.82) is 0 Å². The summed E-state index contributed by atoms with van der Waals surface area (Å²) in [6, 6.07) is 13.1. The van der Waals surface area contributed by atoms with Gasteiger partial charge in [-0.1, -0.05) is 5.16 Å². The smallest absolute Gasteiger partial charge is 0.232 e. The lowest BCUT2D eigenvalue weighted by Gasteiger charge is -2.22. The molecule has 8 nitrogen and oxygen atoms in total. The Hall–Kier alpha value is -3.55. The third-order valence-electron chi connectivity index (χ3n) is 5.18. The van der Waals surface area contributed by atoms with Gasteiger partial charge in [0.15, 0.2) is 11.5 Å². The number of ether oxygens (including phenoxy) is 3. The molecule has 0 N–H and O–H groups in total. The van der Waals surface area contributed by atoms with Crippen molar-refractivity contribution in [1.82, 2.24) is 10.1 Å². The summed E-state index contributed by atoms with van der Waals surface area (Å²) in [6.07, 6.45) is 0.319. The Morgan fingerprint density at radius 3 is 2.70 bits per heavy atom. The van der Waals surface area contributed by atoms with Gasteiger partial charge in [0, 0.05) is 30.3 Å². The molecule has 0 saturated carbocycles. The van der Waals surface area contributed by atoms with E-state index >= 15 is 0 Å². The maximum absolute atomic E-state index is 12.7. The topological polar surface area (TPSA) is 86.9 Å².